The summed E-state index contributed by atoms with van der Waals surface area (Å²) in [6.07, 6.45) is 3.55. The van der Waals surface area contributed by atoms with Crippen molar-refractivity contribution in [2.75, 3.05) is 44.8 Å². The van der Waals surface area contributed by atoms with Crippen molar-refractivity contribution in [3.8, 4) is 0 Å². The standard InChI is InChI=1S/C26H28N4O9/c31-9-10-36-11-12-37-24-14-17(20-16-38-21-4-2-1-3-19(21)25(20)32)13-22(39-24)26(33)28-8-7-27-23-6-5-18(15-29-23)30(34)35/h1-6,13,15-17,24,31H,7-12,14H2,(H,27,29)(H,28,33)/t17-,24+/m0/s1. The SMILES string of the molecule is O=C(NCCNc1ccc([N+](=O)[O-])cn1)C1=C[C@H](c2coc3ccccc3c2=O)C[C@H](OCCOCCO)O1. The molecule has 2 aromatic heterocycles. The fraction of sp³-hybridized carbons (Fsp3) is 0.346. The van der Waals surface area contributed by atoms with Crippen LogP contribution in [0.15, 0.2) is 69.9 Å². The number of amides is 1. The minimum Gasteiger partial charge on any atom is -0.464 e. The van der Waals surface area contributed by atoms with E-state index in [4.69, 9.17) is 23.7 Å². The molecule has 3 aromatic rings. The van der Waals surface area contributed by atoms with Crippen molar-refractivity contribution in [1.29, 1.82) is 0 Å². The minimum atomic E-state index is -0.827. The summed E-state index contributed by atoms with van der Waals surface area (Å²) in [5.41, 5.74) is 0.508. The molecule has 1 aliphatic heterocycles. The van der Waals surface area contributed by atoms with Gasteiger partial charge in [0, 0.05) is 37.1 Å². The van der Waals surface area contributed by atoms with Crippen molar-refractivity contribution in [2.24, 2.45) is 0 Å². The summed E-state index contributed by atoms with van der Waals surface area (Å²) in [6.45, 7) is 0.932. The number of fused-ring (bicyclic) bond motifs is 1. The number of benzene rings is 1. The third kappa shape index (κ3) is 7.37. The lowest BCUT2D eigenvalue weighted by atomic mass is 9.93. The number of aromatic nitrogens is 1. The van der Waals surface area contributed by atoms with Gasteiger partial charge >= 0.3 is 0 Å². The number of aliphatic hydroxyl groups excluding tert-OH is 1. The number of rotatable bonds is 13. The number of hydrogen-bond donors (Lipinski definition) is 3. The number of hydrogen-bond acceptors (Lipinski definition) is 11. The molecule has 3 N–H and O–H groups in total. The van der Waals surface area contributed by atoms with Crippen LogP contribution in [0, 0.1) is 10.1 Å². The highest BCUT2D eigenvalue weighted by atomic mass is 16.7. The summed E-state index contributed by atoms with van der Waals surface area (Å²) in [6, 6.07) is 9.71. The van der Waals surface area contributed by atoms with Crippen molar-refractivity contribution < 1.29 is 33.5 Å². The van der Waals surface area contributed by atoms with Crippen LogP contribution >= 0.6 is 0 Å². The summed E-state index contributed by atoms with van der Waals surface area (Å²) in [4.78, 5) is 40.3. The molecule has 0 spiro atoms. The van der Waals surface area contributed by atoms with Gasteiger partial charge in [-0.1, -0.05) is 12.1 Å². The molecule has 1 amide bonds. The molecule has 1 aliphatic rings. The molecule has 0 bridgehead atoms. The first-order valence-corrected chi connectivity index (χ1v) is 12.3. The molecule has 206 valence electrons. The molecule has 0 saturated heterocycles. The Hall–Kier alpha value is -4.33. The lowest BCUT2D eigenvalue weighted by molar-refractivity contribution is -0.385. The number of nitrogens with one attached hydrogen (secondary N) is 2. The zero-order valence-electron chi connectivity index (χ0n) is 20.9. The predicted octanol–water partition coefficient (Wildman–Crippen LogP) is 2.06. The minimum absolute atomic E-state index is 0.00598. The van der Waals surface area contributed by atoms with Crippen LogP contribution in [0.25, 0.3) is 11.0 Å². The number of nitrogens with zero attached hydrogens (tertiary/aromatic N) is 2. The normalized spacial score (nSPS) is 16.8. The van der Waals surface area contributed by atoms with E-state index in [9.17, 15) is 19.7 Å². The monoisotopic (exact) mass is 540 g/mol. The van der Waals surface area contributed by atoms with Gasteiger partial charge in [0.15, 0.2) is 11.2 Å². The number of pyridine rings is 1. The van der Waals surface area contributed by atoms with Gasteiger partial charge in [0.2, 0.25) is 6.29 Å². The molecular formula is C26H28N4O9. The molecule has 2 atom stereocenters. The van der Waals surface area contributed by atoms with E-state index in [0.29, 0.717) is 28.9 Å². The highest BCUT2D eigenvalue weighted by molar-refractivity contribution is 5.91. The second-order valence-electron chi connectivity index (χ2n) is 8.49. The topological polar surface area (TPSA) is 175 Å². The van der Waals surface area contributed by atoms with Gasteiger partial charge < -0.3 is 34.4 Å². The van der Waals surface area contributed by atoms with Crippen molar-refractivity contribution in [3.63, 3.8) is 0 Å². The summed E-state index contributed by atoms with van der Waals surface area (Å²) in [5.74, 6) is -0.601. The van der Waals surface area contributed by atoms with Crippen LogP contribution in [0.1, 0.15) is 17.9 Å². The Morgan fingerprint density at radius 2 is 2.03 bits per heavy atom. The average Bonchev–Trinajstić information content (AvgIpc) is 2.95. The van der Waals surface area contributed by atoms with Crippen LogP contribution in [-0.4, -0.2) is 66.7 Å². The number of ether oxygens (including phenoxy) is 3. The van der Waals surface area contributed by atoms with Gasteiger partial charge in [0.25, 0.3) is 11.6 Å². The molecule has 1 aromatic carbocycles. The van der Waals surface area contributed by atoms with Crippen LogP contribution in [0.4, 0.5) is 11.5 Å². The van der Waals surface area contributed by atoms with Gasteiger partial charge in [-0.05, 0) is 24.3 Å². The van der Waals surface area contributed by atoms with Gasteiger partial charge in [-0.3, -0.25) is 19.7 Å². The van der Waals surface area contributed by atoms with Crippen LogP contribution in [0.5, 0.6) is 0 Å². The number of aliphatic hydroxyl groups is 1. The first-order chi connectivity index (χ1) is 19.0. The molecule has 0 radical (unpaired) electrons. The Kier molecular flexibility index (Phi) is 9.56. The van der Waals surface area contributed by atoms with Crippen LogP contribution in [0.2, 0.25) is 0 Å². The molecule has 13 nitrogen and oxygen atoms in total. The van der Waals surface area contributed by atoms with Gasteiger partial charge in [-0.15, -0.1) is 0 Å². The smallest absolute Gasteiger partial charge is 0.287 e. The molecular weight excluding hydrogens is 512 g/mol. The molecule has 13 heteroatoms. The van der Waals surface area contributed by atoms with Crippen molar-refractivity contribution in [3.05, 3.63) is 86.6 Å². The van der Waals surface area contributed by atoms with Crippen LogP contribution in [0.3, 0.4) is 0 Å². The third-order valence-corrected chi connectivity index (χ3v) is 5.83. The maximum Gasteiger partial charge on any atom is 0.287 e. The summed E-state index contributed by atoms with van der Waals surface area (Å²) < 4.78 is 22.4. The van der Waals surface area contributed by atoms with E-state index in [1.807, 2.05) is 0 Å². The number of para-hydroxylation sites is 1. The van der Waals surface area contributed by atoms with Gasteiger partial charge in [0.1, 0.15) is 17.6 Å². The third-order valence-electron chi connectivity index (χ3n) is 5.83. The second-order valence-corrected chi connectivity index (χ2v) is 8.49. The Balaban J connectivity index is 1.42. The Bertz CT molecular complexity index is 1370. The molecule has 4 rings (SSSR count). The van der Waals surface area contributed by atoms with E-state index in [-0.39, 0.29) is 56.3 Å². The predicted molar refractivity (Wildman–Crippen MR) is 139 cm³/mol. The summed E-state index contributed by atoms with van der Waals surface area (Å²) in [7, 11) is 0. The fourth-order valence-corrected chi connectivity index (χ4v) is 3.94. The Morgan fingerprint density at radius 1 is 1.18 bits per heavy atom. The van der Waals surface area contributed by atoms with Gasteiger partial charge in [-0.2, -0.15) is 0 Å². The maximum atomic E-state index is 13.2. The molecule has 0 fully saturated rings. The number of allylic oxidation sites excluding steroid dienone is 1. The highest BCUT2D eigenvalue weighted by Gasteiger charge is 2.30. The van der Waals surface area contributed by atoms with E-state index in [0.717, 1.165) is 6.20 Å². The molecule has 0 saturated carbocycles. The molecule has 3 heterocycles. The zero-order valence-corrected chi connectivity index (χ0v) is 20.9. The Labute approximate surface area is 222 Å². The van der Waals surface area contributed by atoms with Crippen LogP contribution < -0.4 is 16.1 Å². The van der Waals surface area contributed by atoms with Gasteiger partial charge in [-0.25, -0.2) is 4.98 Å². The Morgan fingerprint density at radius 3 is 2.79 bits per heavy atom. The fourth-order valence-electron chi connectivity index (χ4n) is 3.94. The average molecular weight is 541 g/mol. The van der Waals surface area contributed by atoms with Crippen molar-refractivity contribution in [2.45, 2.75) is 18.6 Å². The van der Waals surface area contributed by atoms with E-state index < -0.39 is 23.0 Å². The second kappa shape index (κ2) is 13.5. The molecule has 0 aliphatic carbocycles. The molecule has 39 heavy (non-hydrogen) atoms. The lowest BCUT2D eigenvalue weighted by Crippen LogP contribution is -2.36. The zero-order chi connectivity index (χ0) is 27.6. The highest BCUT2D eigenvalue weighted by Crippen LogP contribution is 2.31. The van der Waals surface area contributed by atoms with E-state index in [1.54, 1.807) is 30.3 Å². The first kappa shape index (κ1) is 27.7. The van der Waals surface area contributed by atoms with E-state index >= 15 is 0 Å². The van der Waals surface area contributed by atoms with Crippen molar-refractivity contribution in [1.82, 2.24) is 10.3 Å². The number of carbonyl (C=O) groups is 1. The largest absolute Gasteiger partial charge is 0.464 e. The lowest BCUT2D eigenvalue weighted by Gasteiger charge is -2.29. The van der Waals surface area contributed by atoms with Crippen LogP contribution in [-0.2, 0) is 19.0 Å². The maximum absolute atomic E-state index is 13.2. The quantitative estimate of drug-likeness (QED) is 0.164. The van der Waals surface area contributed by atoms with E-state index in [1.165, 1.54) is 18.4 Å². The number of nitro groups is 1. The van der Waals surface area contributed by atoms with Crippen molar-refractivity contribution >= 4 is 28.4 Å². The number of anilines is 1. The summed E-state index contributed by atoms with van der Waals surface area (Å²) >= 11 is 0. The van der Waals surface area contributed by atoms with E-state index in [2.05, 4.69) is 15.6 Å². The summed E-state index contributed by atoms with van der Waals surface area (Å²) in [5, 5.41) is 25.7. The first-order valence-electron chi connectivity index (χ1n) is 12.3. The number of carbonyl (C=O) groups excluding carboxylic acids is 1. The van der Waals surface area contributed by atoms with Gasteiger partial charge in [0.05, 0.1) is 43.0 Å². The molecule has 0 unspecified atom stereocenters.